The van der Waals surface area contributed by atoms with E-state index in [0.29, 0.717) is 12.0 Å². The van der Waals surface area contributed by atoms with Crippen molar-refractivity contribution in [3.8, 4) is 11.5 Å². The normalized spacial score (nSPS) is 23.2. The molecule has 0 aromatic heterocycles. The molecule has 1 aliphatic heterocycles. The molecular weight excluding hydrogens is 274 g/mol. The van der Waals surface area contributed by atoms with Crippen LogP contribution in [0.1, 0.15) is 43.6 Å². The van der Waals surface area contributed by atoms with E-state index in [-0.39, 0.29) is 0 Å². The summed E-state index contributed by atoms with van der Waals surface area (Å²) in [7, 11) is 1.67. The van der Waals surface area contributed by atoms with E-state index in [1.54, 1.807) is 7.11 Å². The number of rotatable bonds is 4. The molecule has 1 saturated carbocycles. The topological polar surface area (TPSA) is 30.5 Å². The van der Waals surface area contributed by atoms with Crippen molar-refractivity contribution in [1.29, 1.82) is 0 Å². The summed E-state index contributed by atoms with van der Waals surface area (Å²) in [5.41, 5.74) is 1.19. The van der Waals surface area contributed by atoms with Crippen LogP contribution >= 0.6 is 11.6 Å². The Morgan fingerprint density at radius 3 is 2.60 bits per heavy atom. The number of nitrogens with one attached hydrogen (secondary N) is 1. The second kappa shape index (κ2) is 6.23. The lowest BCUT2D eigenvalue weighted by Crippen LogP contribution is -2.28. The number of benzene rings is 1. The molecule has 3 nitrogen and oxygen atoms in total. The first kappa shape index (κ1) is 14.0. The third kappa shape index (κ3) is 2.89. The molecule has 1 aromatic carbocycles. The lowest BCUT2D eigenvalue weighted by atomic mass is 9.91. The number of hydrogen-bond donors (Lipinski definition) is 1. The van der Waals surface area contributed by atoms with E-state index in [4.69, 9.17) is 21.1 Å². The maximum Gasteiger partial charge on any atom is 0.162 e. The van der Waals surface area contributed by atoms with E-state index < -0.39 is 0 Å². The predicted molar refractivity (Wildman–Crippen MR) is 81.1 cm³/mol. The van der Waals surface area contributed by atoms with E-state index in [1.807, 2.05) is 6.07 Å². The van der Waals surface area contributed by atoms with Crippen LogP contribution < -0.4 is 14.8 Å². The van der Waals surface area contributed by atoms with Crippen LogP contribution in [0.5, 0.6) is 11.5 Å². The van der Waals surface area contributed by atoms with Crippen LogP contribution in [0, 0.1) is 0 Å². The van der Waals surface area contributed by atoms with Gasteiger partial charge in [0.05, 0.1) is 13.2 Å². The maximum absolute atomic E-state index is 6.43. The molecule has 0 amide bonds. The minimum atomic E-state index is 0.349. The smallest absolute Gasteiger partial charge is 0.162 e. The van der Waals surface area contributed by atoms with Crippen molar-refractivity contribution in [2.24, 2.45) is 0 Å². The average Bonchev–Trinajstić information content (AvgIpc) is 2.44. The van der Waals surface area contributed by atoms with Crippen molar-refractivity contribution in [2.45, 2.75) is 44.1 Å². The minimum absolute atomic E-state index is 0.349. The summed E-state index contributed by atoms with van der Waals surface area (Å²) in [5.74, 6) is 2.07. The fourth-order valence-corrected chi connectivity index (χ4v) is 3.21. The van der Waals surface area contributed by atoms with Crippen molar-refractivity contribution in [3.63, 3.8) is 0 Å². The van der Waals surface area contributed by atoms with Crippen molar-refractivity contribution in [2.75, 3.05) is 20.2 Å². The summed E-state index contributed by atoms with van der Waals surface area (Å²) < 4.78 is 11.5. The van der Waals surface area contributed by atoms with Gasteiger partial charge in [0, 0.05) is 17.6 Å². The van der Waals surface area contributed by atoms with Gasteiger partial charge in [0.1, 0.15) is 0 Å². The van der Waals surface area contributed by atoms with Crippen LogP contribution in [0.25, 0.3) is 0 Å². The van der Waals surface area contributed by atoms with Gasteiger partial charge in [-0.1, -0.05) is 11.6 Å². The van der Waals surface area contributed by atoms with Crippen LogP contribution in [-0.2, 0) is 0 Å². The zero-order valence-corrected chi connectivity index (χ0v) is 12.7. The summed E-state index contributed by atoms with van der Waals surface area (Å²) in [6.07, 6.45) is 6.29. The summed E-state index contributed by atoms with van der Waals surface area (Å²) >= 11 is 6.43. The Balaban J connectivity index is 1.86. The fraction of sp³-hybridized carbons (Fsp3) is 0.625. The molecule has 0 bridgehead atoms. The highest BCUT2D eigenvalue weighted by atomic mass is 35.5. The molecule has 4 heteroatoms. The summed E-state index contributed by atoms with van der Waals surface area (Å²) in [6, 6.07) is 4.00. The Morgan fingerprint density at radius 2 is 2.00 bits per heavy atom. The first-order chi connectivity index (χ1) is 9.78. The van der Waals surface area contributed by atoms with Gasteiger partial charge < -0.3 is 14.8 Å². The Labute approximate surface area is 125 Å². The molecule has 2 fully saturated rings. The molecule has 1 saturated heterocycles. The van der Waals surface area contributed by atoms with Crippen LogP contribution in [0.15, 0.2) is 12.1 Å². The first-order valence-electron chi connectivity index (χ1n) is 7.52. The number of piperidine rings is 1. The summed E-state index contributed by atoms with van der Waals surface area (Å²) in [5, 5.41) is 4.23. The second-order valence-corrected chi connectivity index (χ2v) is 6.15. The molecule has 1 aromatic rings. The Morgan fingerprint density at radius 1 is 1.15 bits per heavy atom. The summed E-state index contributed by atoms with van der Waals surface area (Å²) in [6.45, 7) is 2.10. The quantitative estimate of drug-likeness (QED) is 0.918. The molecule has 20 heavy (non-hydrogen) atoms. The SMILES string of the molecule is COc1cc(Cl)c(C2CCCNC2)cc1OC1CCC1. The zero-order chi connectivity index (χ0) is 13.9. The van der Waals surface area contributed by atoms with Gasteiger partial charge in [-0.15, -0.1) is 0 Å². The number of ether oxygens (including phenoxy) is 2. The van der Waals surface area contributed by atoms with Gasteiger partial charge in [0.15, 0.2) is 11.5 Å². The van der Waals surface area contributed by atoms with E-state index in [9.17, 15) is 0 Å². The van der Waals surface area contributed by atoms with E-state index in [2.05, 4.69) is 11.4 Å². The van der Waals surface area contributed by atoms with Crippen LogP contribution in [0.3, 0.4) is 0 Å². The predicted octanol–water partition coefficient (Wildman–Crippen LogP) is 3.75. The molecule has 1 unspecified atom stereocenters. The molecule has 0 spiro atoms. The van der Waals surface area contributed by atoms with Crippen molar-refractivity contribution < 1.29 is 9.47 Å². The van der Waals surface area contributed by atoms with Crippen LogP contribution in [-0.4, -0.2) is 26.3 Å². The highest BCUT2D eigenvalue weighted by Gasteiger charge is 2.24. The van der Waals surface area contributed by atoms with Gasteiger partial charge in [0.2, 0.25) is 0 Å². The minimum Gasteiger partial charge on any atom is -0.493 e. The number of halogens is 1. The Bertz CT molecular complexity index is 468. The monoisotopic (exact) mass is 295 g/mol. The van der Waals surface area contributed by atoms with Crippen LogP contribution in [0.4, 0.5) is 0 Å². The fourth-order valence-electron chi connectivity index (χ4n) is 2.90. The molecule has 1 heterocycles. The van der Waals surface area contributed by atoms with Gasteiger partial charge in [-0.3, -0.25) is 0 Å². The number of methoxy groups -OCH3 is 1. The first-order valence-corrected chi connectivity index (χ1v) is 7.90. The van der Waals surface area contributed by atoms with Crippen molar-refractivity contribution >= 4 is 11.6 Å². The molecular formula is C16H22ClNO2. The molecule has 0 radical (unpaired) electrons. The van der Waals surface area contributed by atoms with Crippen molar-refractivity contribution in [1.82, 2.24) is 5.32 Å². The Kier molecular flexibility index (Phi) is 4.37. The van der Waals surface area contributed by atoms with E-state index >= 15 is 0 Å². The van der Waals surface area contributed by atoms with Gasteiger partial charge in [0.25, 0.3) is 0 Å². The highest BCUT2D eigenvalue weighted by Crippen LogP contribution is 2.40. The summed E-state index contributed by atoms with van der Waals surface area (Å²) in [4.78, 5) is 0. The highest BCUT2D eigenvalue weighted by molar-refractivity contribution is 6.31. The molecule has 1 N–H and O–H groups in total. The molecule has 1 aliphatic carbocycles. The lowest BCUT2D eigenvalue weighted by molar-refractivity contribution is 0.116. The van der Waals surface area contributed by atoms with Crippen LogP contribution in [0.2, 0.25) is 5.02 Å². The molecule has 3 rings (SSSR count). The standard InChI is InChI=1S/C16H22ClNO2/c1-19-15-9-14(17)13(11-4-3-7-18-10-11)8-16(15)20-12-5-2-6-12/h8-9,11-12,18H,2-7,10H2,1H3. The Hall–Kier alpha value is -0.930. The largest absolute Gasteiger partial charge is 0.493 e. The maximum atomic E-state index is 6.43. The van der Waals surface area contributed by atoms with Gasteiger partial charge in [-0.2, -0.15) is 0 Å². The van der Waals surface area contributed by atoms with Gasteiger partial charge in [-0.05, 0) is 56.2 Å². The molecule has 1 atom stereocenters. The average molecular weight is 296 g/mol. The number of hydrogen-bond acceptors (Lipinski definition) is 3. The third-order valence-corrected chi connectivity index (χ3v) is 4.69. The molecule has 110 valence electrons. The van der Waals surface area contributed by atoms with Gasteiger partial charge >= 0.3 is 0 Å². The molecule has 2 aliphatic rings. The lowest BCUT2D eigenvalue weighted by Gasteiger charge is -2.29. The van der Waals surface area contributed by atoms with Gasteiger partial charge in [-0.25, -0.2) is 0 Å². The van der Waals surface area contributed by atoms with Crippen molar-refractivity contribution in [3.05, 3.63) is 22.7 Å². The van der Waals surface area contributed by atoms with E-state index in [0.717, 1.165) is 42.5 Å². The second-order valence-electron chi connectivity index (χ2n) is 5.74. The third-order valence-electron chi connectivity index (χ3n) is 4.37. The van der Waals surface area contributed by atoms with E-state index in [1.165, 1.54) is 24.8 Å². The zero-order valence-electron chi connectivity index (χ0n) is 12.0.